The third-order valence-corrected chi connectivity index (χ3v) is 3.88. The fourth-order valence-electron chi connectivity index (χ4n) is 2.44. The number of amides is 1. The number of carbonyl (C=O) groups is 1. The zero-order valence-corrected chi connectivity index (χ0v) is 13.8. The van der Waals surface area contributed by atoms with E-state index in [2.05, 4.69) is 14.7 Å². The number of alkyl halides is 3. The Balaban J connectivity index is 1.72. The number of methoxy groups -OCH3 is 1. The van der Waals surface area contributed by atoms with Crippen LogP contribution in [0.2, 0.25) is 0 Å². The monoisotopic (exact) mass is 371 g/mol. The van der Waals surface area contributed by atoms with Crippen LogP contribution in [0.4, 0.5) is 13.2 Å². The maximum atomic E-state index is 12.5. The fourth-order valence-corrected chi connectivity index (χ4v) is 2.44. The van der Waals surface area contributed by atoms with Gasteiger partial charge in [0.1, 0.15) is 6.61 Å². The second-order valence-electron chi connectivity index (χ2n) is 5.76. The van der Waals surface area contributed by atoms with E-state index in [9.17, 15) is 18.0 Å². The largest absolute Gasteiger partial charge is 0.471 e. The molecular formula is C16H16F3N3O4. The van der Waals surface area contributed by atoms with Crippen molar-refractivity contribution in [3.8, 4) is 11.4 Å². The first-order valence-electron chi connectivity index (χ1n) is 7.75. The van der Waals surface area contributed by atoms with Crippen molar-refractivity contribution in [3.05, 3.63) is 35.7 Å². The van der Waals surface area contributed by atoms with Crippen molar-refractivity contribution in [3.63, 3.8) is 0 Å². The van der Waals surface area contributed by atoms with Gasteiger partial charge in [0, 0.05) is 19.2 Å². The van der Waals surface area contributed by atoms with Crippen LogP contribution in [-0.4, -0.2) is 53.9 Å². The molecular weight excluding hydrogens is 355 g/mol. The van der Waals surface area contributed by atoms with Gasteiger partial charge in [-0.2, -0.15) is 18.2 Å². The van der Waals surface area contributed by atoms with E-state index in [0.29, 0.717) is 25.3 Å². The third-order valence-electron chi connectivity index (χ3n) is 3.88. The summed E-state index contributed by atoms with van der Waals surface area (Å²) in [6.45, 7) is 1.25. The van der Waals surface area contributed by atoms with Gasteiger partial charge in [0.05, 0.1) is 19.3 Å². The predicted molar refractivity (Wildman–Crippen MR) is 81.8 cm³/mol. The van der Waals surface area contributed by atoms with Crippen LogP contribution < -0.4 is 0 Å². The van der Waals surface area contributed by atoms with Gasteiger partial charge in [-0.05, 0) is 5.56 Å². The van der Waals surface area contributed by atoms with Crippen molar-refractivity contribution < 1.29 is 32.0 Å². The number of hydrogen-bond acceptors (Lipinski definition) is 6. The van der Waals surface area contributed by atoms with Crippen LogP contribution in [0.1, 0.15) is 11.5 Å². The van der Waals surface area contributed by atoms with Gasteiger partial charge in [-0.1, -0.05) is 29.4 Å². The third kappa shape index (κ3) is 4.02. The van der Waals surface area contributed by atoms with E-state index < -0.39 is 12.1 Å². The lowest BCUT2D eigenvalue weighted by atomic mass is 10.1. The van der Waals surface area contributed by atoms with Crippen LogP contribution in [0.25, 0.3) is 11.4 Å². The first kappa shape index (κ1) is 18.3. The minimum absolute atomic E-state index is 0.0103. The average molecular weight is 371 g/mol. The number of halogens is 3. The van der Waals surface area contributed by atoms with Crippen LogP contribution in [0, 0.1) is 0 Å². The van der Waals surface area contributed by atoms with Gasteiger partial charge in [-0.25, -0.2) is 0 Å². The zero-order valence-electron chi connectivity index (χ0n) is 13.8. The Labute approximate surface area is 146 Å². The number of carbonyl (C=O) groups excluding carboxylic acids is 1. The molecule has 1 amide bonds. The molecule has 1 aliphatic rings. The molecule has 1 aromatic carbocycles. The summed E-state index contributed by atoms with van der Waals surface area (Å²) in [6, 6.07) is 6.55. The molecule has 26 heavy (non-hydrogen) atoms. The molecule has 10 heteroatoms. The zero-order chi connectivity index (χ0) is 18.7. The maximum Gasteiger partial charge on any atom is 0.471 e. The minimum Gasteiger partial charge on any atom is -0.377 e. The molecule has 0 N–H and O–H groups in total. The Hall–Kier alpha value is -2.46. The van der Waals surface area contributed by atoms with Crippen molar-refractivity contribution >= 4 is 5.91 Å². The summed E-state index contributed by atoms with van der Waals surface area (Å²) in [5, 5.41) is 3.34. The average Bonchev–Trinajstić information content (AvgIpc) is 3.04. The molecule has 0 radical (unpaired) electrons. The van der Waals surface area contributed by atoms with Crippen LogP contribution >= 0.6 is 0 Å². The molecule has 1 fully saturated rings. The topological polar surface area (TPSA) is 77.7 Å². The van der Waals surface area contributed by atoms with E-state index >= 15 is 0 Å². The van der Waals surface area contributed by atoms with Crippen LogP contribution in [-0.2, 0) is 27.0 Å². The second-order valence-corrected chi connectivity index (χ2v) is 5.76. The highest BCUT2D eigenvalue weighted by atomic mass is 19.4. The second kappa shape index (κ2) is 7.42. The standard InChI is InChI=1S/C16H16F3N3O4/c1-24-9-13(23)22(12-7-25-8-12)6-10-2-4-11(5-3-10)14-20-15(26-21-14)16(17,18)19/h2-5,12H,6-9H2,1H3. The SMILES string of the molecule is COCC(=O)N(Cc1ccc(-c2noc(C(F)(F)F)n2)cc1)C1COC1. The molecule has 0 unspecified atom stereocenters. The van der Waals surface area contributed by atoms with Crippen molar-refractivity contribution in [1.29, 1.82) is 0 Å². The normalized spacial score (nSPS) is 14.9. The van der Waals surface area contributed by atoms with E-state index in [0.717, 1.165) is 5.56 Å². The summed E-state index contributed by atoms with van der Waals surface area (Å²) in [5.41, 5.74) is 1.19. The molecule has 1 aromatic heterocycles. The number of nitrogens with zero attached hydrogens (tertiary/aromatic N) is 3. The van der Waals surface area contributed by atoms with E-state index in [-0.39, 0.29) is 24.4 Å². The Kier molecular flexibility index (Phi) is 5.23. The Morgan fingerprint density at radius 2 is 2.00 bits per heavy atom. The summed E-state index contributed by atoms with van der Waals surface area (Å²) in [7, 11) is 1.45. The molecule has 7 nitrogen and oxygen atoms in total. The van der Waals surface area contributed by atoms with E-state index in [4.69, 9.17) is 9.47 Å². The number of hydrogen-bond donors (Lipinski definition) is 0. The van der Waals surface area contributed by atoms with Gasteiger partial charge in [-0.3, -0.25) is 4.79 Å². The molecule has 140 valence electrons. The first-order valence-corrected chi connectivity index (χ1v) is 7.75. The van der Waals surface area contributed by atoms with Crippen molar-refractivity contribution in [2.75, 3.05) is 26.9 Å². The summed E-state index contributed by atoms with van der Waals surface area (Å²) in [4.78, 5) is 17.2. The molecule has 0 spiro atoms. The number of rotatable bonds is 6. The van der Waals surface area contributed by atoms with Gasteiger partial charge in [0.25, 0.3) is 0 Å². The Morgan fingerprint density at radius 3 is 2.50 bits per heavy atom. The molecule has 0 atom stereocenters. The Morgan fingerprint density at radius 1 is 1.31 bits per heavy atom. The molecule has 0 saturated carbocycles. The summed E-state index contributed by atoms with van der Waals surface area (Å²) in [5.74, 6) is -1.70. The van der Waals surface area contributed by atoms with Crippen molar-refractivity contribution in [1.82, 2.24) is 15.0 Å². The van der Waals surface area contributed by atoms with Gasteiger partial charge in [0.2, 0.25) is 11.7 Å². The van der Waals surface area contributed by atoms with E-state index in [1.807, 2.05) is 0 Å². The van der Waals surface area contributed by atoms with Crippen LogP contribution in [0.3, 0.4) is 0 Å². The molecule has 0 bridgehead atoms. The minimum atomic E-state index is -4.68. The van der Waals surface area contributed by atoms with E-state index in [1.54, 1.807) is 29.2 Å². The van der Waals surface area contributed by atoms with Crippen LogP contribution in [0.15, 0.2) is 28.8 Å². The number of ether oxygens (including phenoxy) is 2. The quantitative estimate of drug-likeness (QED) is 0.774. The summed E-state index contributed by atoms with van der Waals surface area (Å²) < 4.78 is 51.8. The summed E-state index contributed by atoms with van der Waals surface area (Å²) in [6.07, 6.45) is -4.68. The molecule has 1 aliphatic heterocycles. The lowest BCUT2D eigenvalue weighted by Gasteiger charge is -2.37. The molecule has 2 heterocycles. The van der Waals surface area contributed by atoms with Crippen molar-refractivity contribution in [2.24, 2.45) is 0 Å². The highest BCUT2D eigenvalue weighted by Crippen LogP contribution is 2.29. The van der Waals surface area contributed by atoms with Gasteiger partial charge >= 0.3 is 12.1 Å². The molecule has 2 aromatic rings. The summed E-state index contributed by atoms with van der Waals surface area (Å²) >= 11 is 0. The molecule has 0 aliphatic carbocycles. The van der Waals surface area contributed by atoms with Gasteiger partial charge in [0.15, 0.2) is 0 Å². The number of benzene rings is 1. The molecule has 1 saturated heterocycles. The van der Waals surface area contributed by atoms with Crippen LogP contribution in [0.5, 0.6) is 0 Å². The van der Waals surface area contributed by atoms with Crippen molar-refractivity contribution in [2.45, 2.75) is 18.8 Å². The predicted octanol–water partition coefficient (Wildman–Crippen LogP) is 2.13. The lowest BCUT2D eigenvalue weighted by molar-refractivity contribution is -0.159. The number of aromatic nitrogens is 2. The maximum absolute atomic E-state index is 12.5. The van der Waals surface area contributed by atoms with E-state index in [1.165, 1.54) is 7.11 Å². The highest BCUT2D eigenvalue weighted by Gasteiger charge is 2.38. The Bertz CT molecular complexity index is 757. The van der Waals surface area contributed by atoms with Gasteiger partial charge < -0.3 is 18.9 Å². The molecule has 3 rings (SSSR count). The smallest absolute Gasteiger partial charge is 0.377 e. The first-order chi connectivity index (χ1) is 12.4. The van der Waals surface area contributed by atoms with Gasteiger partial charge in [-0.15, -0.1) is 0 Å². The highest BCUT2D eigenvalue weighted by molar-refractivity contribution is 5.78. The lowest BCUT2D eigenvalue weighted by Crippen LogP contribution is -2.52. The fraction of sp³-hybridized carbons (Fsp3) is 0.438.